The summed E-state index contributed by atoms with van der Waals surface area (Å²) >= 11 is 2.34. The maximum absolute atomic E-state index is 11.6. The molecule has 7 nitrogen and oxygen atoms in total. The van der Waals surface area contributed by atoms with Gasteiger partial charge < -0.3 is 10.4 Å². The van der Waals surface area contributed by atoms with Gasteiger partial charge in [-0.1, -0.05) is 19.8 Å². The number of urea groups is 1. The van der Waals surface area contributed by atoms with Gasteiger partial charge in [-0.2, -0.15) is 9.64 Å². The van der Waals surface area contributed by atoms with Crippen molar-refractivity contribution in [3.63, 3.8) is 0 Å². The number of anilines is 1. The van der Waals surface area contributed by atoms with Gasteiger partial charge in [-0.3, -0.25) is 5.32 Å². The lowest BCUT2D eigenvalue weighted by atomic mass is 10.3. The Bertz CT molecular complexity index is 554. The Balaban J connectivity index is 2.67. The summed E-state index contributed by atoms with van der Waals surface area (Å²) in [5, 5.41) is 23.3. The van der Waals surface area contributed by atoms with Gasteiger partial charge in [0.2, 0.25) is 0 Å². The summed E-state index contributed by atoms with van der Waals surface area (Å²) in [7, 11) is 0. The summed E-state index contributed by atoms with van der Waals surface area (Å²) < 4.78 is 4.11. The Labute approximate surface area is 137 Å². The molecule has 2 amide bonds. The third-order valence-electron chi connectivity index (χ3n) is 2.61. The smallest absolute Gasteiger partial charge is 0.341 e. The number of aromatic carboxylic acids is 1. The molecule has 1 rings (SSSR count). The van der Waals surface area contributed by atoms with E-state index in [4.69, 9.17) is 5.26 Å². The number of nitriles is 1. The lowest BCUT2D eigenvalue weighted by molar-refractivity contribution is 0.0694. The van der Waals surface area contributed by atoms with E-state index in [1.54, 1.807) is 0 Å². The largest absolute Gasteiger partial charge is 0.477 e. The van der Waals surface area contributed by atoms with Crippen molar-refractivity contribution in [1.29, 1.82) is 5.26 Å². The number of carboxylic acid groups (broad SMARTS) is 1. The standard InChI is InChI=1S/C13H18N4O3S2/c1-2-3-4-8-21-11-9(12(18)19)10(22-17-11)16-13(20)15-7-5-6-14/h2-5,7-8H2,1H3,(H,18,19)(H2,15,16,20). The van der Waals surface area contributed by atoms with Gasteiger partial charge in [0.25, 0.3) is 0 Å². The fraction of sp³-hybridized carbons (Fsp3) is 0.538. The monoisotopic (exact) mass is 342 g/mol. The van der Waals surface area contributed by atoms with Crippen molar-refractivity contribution >= 4 is 40.3 Å². The van der Waals surface area contributed by atoms with E-state index >= 15 is 0 Å². The van der Waals surface area contributed by atoms with Gasteiger partial charge in [-0.25, -0.2) is 9.59 Å². The maximum Gasteiger partial charge on any atom is 0.341 e. The Morgan fingerprint density at radius 3 is 2.86 bits per heavy atom. The second-order valence-electron chi connectivity index (χ2n) is 4.34. The van der Waals surface area contributed by atoms with Crippen LogP contribution in [-0.2, 0) is 0 Å². The summed E-state index contributed by atoms with van der Waals surface area (Å²) in [6.07, 6.45) is 3.38. The number of carboxylic acids is 1. The maximum atomic E-state index is 11.6. The SMILES string of the molecule is CCCCCSc1nsc(NC(=O)NCCC#N)c1C(=O)O. The molecular weight excluding hydrogens is 324 g/mol. The number of aromatic nitrogens is 1. The summed E-state index contributed by atoms with van der Waals surface area (Å²) in [6, 6.07) is 1.37. The van der Waals surface area contributed by atoms with Crippen molar-refractivity contribution < 1.29 is 14.7 Å². The van der Waals surface area contributed by atoms with Crippen LogP contribution in [0.2, 0.25) is 0 Å². The highest BCUT2D eigenvalue weighted by molar-refractivity contribution is 7.99. The second-order valence-corrected chi connectivity index (χ2v) is 6.20. The third-order valence-corrected chi connectivity index (χ3v) is 4.55. The summed E-state index contributed by atoms with van der Waals surface area (Å²) in [5.41, 5.74) is 0.0296. The molecule has 0 aliphatic rings. The highest BCUT2D eigenvalue weighted by atomic mass is 32.2. The first-order valence-corrected chi connectivity index (χ1v) is 8.63. The molecule has 0 atom stereocenters. The molecule has 3 N–H and O–H groups in total. The van der Waals surface area contributed by atoms with Crippen molar-refractivity contribution in [2.45, 2.75) is 37.6 Å². The normalized spacial score (nSPS) is 10.0. The number of amides is 2. The second kappa shape index (κ2) is 10.0. The highest BCUT2D eigenvalue weighted by Gasteiger charge is 2.22. The average molecular weight is 342 g/mol. The molecule has 0 aromatic carbocycles. The van der Waals surface area contributed by atoms with E-state index < -0.39 is 12.0 Å². The molecule has 0 fully saturated rings. The van der Waals surface area contributed by atoms with Crippen LogP contribution in [0.3, 0.4) is 0 Å². The number of carbonyl (C=O) groups is 2. The predicted molar refractivity (Wildman–Crippen MR) is 86.6 cm³/mol. The van der Waals surface area contributed by atoms with Crippen LogP contribution in [-0.4, -0.2) is 33.8 Å². The van der Waals surface area contributed by atoms with E-state index in [1.807, 2.05) is 6.07 Å². The minimum Gasteiger partial charge on any atom is -0.477 e. The number of rotatable bonds is 9. The first-order valence-electron chi connectivity index (χ1n) is 6.87. The number of nitrogens with one attached hydrogen (secondary N) is 2. The van der Waals surface area contributed by atoms with Gasteiger partial charge in [0.05, 0.1) is 12.5 Å². The highest BCUT2D eigenvalue weighted by Crippen LogP contribution is 2.32. The van der Waals surface area contributed by atoms with Crippen molar-refractivity contribution in [3.8, 4) is 6.07 Å². The zero-order valence-electron chi connectivity index (χ0n) is 12.2. The Kier molecular flexibility index (Phi) is 8.32. The quantitative estimate of drug-likeness (QED) is 0.469. The van der Waals surface area contributed by atoms with Crippen LogP contribution in [0.1, 0.15) is 43.0 Å². The van der Waals surface area contributed by atoms with E-state index in [9.17, 15) is 14.7 Å². The molecule has 1 heterocycles. The van der Waals surface area contributed by atoms with Crippen LogP contribution in [0, 0.1) is 11.3 Å². The zero-order chi connectivity index (χ0) is 16.4. The molecule has 0 unspecified atom stereocenters. The van der Waals surface area contributed by atoms with Gasteiger partial charge in [0.1, 0.15) is 15.6 Å². The topological polar surface area (TPSA) is 115 Å². The Hall–Kier alpha value is -1.79. The van der Waals surface area contributed by atoms with Gasteiger partial charge in [0, 0.05) is 6.54 Å². The van der Waals surface area contributed by atoms with Crippen molar-refractivity contribution in [3.05, 3.63) is 5.56 Å². The number of carbonyl (C=O) groups excluding carboxylic acids is 1. The molecule has 0 aliphatic carbocycles. The molecule has 0 saturated carbocycles. The molecule has 0 aliphatic heterocycles. The van der Waals surface area contributed by atoms with Crippen LogP contribution in [0.5, 0.6) is 0 Å². The first-order chi connectivity index (χ1) is 10.6. The molecule has 22 heavy (non-hydrogen) atoms. The van der Waals surface area contributed by atoms with Gasteiger partial charge in [0.15, 0.2) is 0 Å². The average Bonchev–Trinajstić information content (AvgIpc) is 2.86. The fourth-order valence-electron chi connectivity index (χ4n) is 1.55. The van der Waals surface area contributed by atoms with E-state index in [2.05, 4.69) is 21.9 Å². The Morgan fingerprint density at radius 1 is 1.45 bits per heavy atom. The van der Waals surface area contributed by atoms with Crippen LogP contribution < -0.4 is 10.6 Å². The fourth-order valence-corrected chi connectivity index (χ4v) is 3.49. The number of thioether (sulfide) groups is 1. The molecule has 0 saturated heterocycles. The predicted octanol–water partition coefficient (Wildman–Crippen LogP) is 3.16. The number of nitrogens with zero attached hydrogens (tertiary/aromatic N) is 2. The molecule has 0 radical (unpaired) electrons. The zero-order valence-corrected chi connectivity index (χ0v) is 13.9. The molecule has 1 aromatic rings. The van der Waals surface area contributed by atoms with E-state index in [0.29, 0.717) is 5.03 Å². The van der Waals surface area contributed by atoms with Crippen LogP contribution in [0.15, 0.2) is 5.03 Å². The lowest BCUT2D eigenvalue weighted by Gasteiger charge is -2.05. The molecule has 9 heteroatoms. The minimum atomic E-state index is -1.11. The third kappa shape index (κ3) is 5.91. The van der Waals surface area contributed by atoms with Gasteiger partial charge in [-0.05, 0) is 23.7 Å². The van der Waals surface area contributed by atoms with Crippen molar-refractivity contribution in [1.82, 2.24) is 9.69 Å². The molecule has 0 spiro atoms. The number of hydrogen-bond donors (Lipinski definition) is 3. The number of unbranched alkanes of at least 4 members (excludes halogenated alkanes) is 2. The van der Waals surface area contributed by atoms with E-state index in [0.717, 1.165) is 36.5 Å². The van der Waals surface area contributed by atoms with E-state index in [-0.39, 0.29) is 23.5 Å². The molecular formula is C13H18N4O3S2. The minimum absolute atomic E-state index is 0.0296. The van der Waals surface area contributed by atoms with Crippen molar-refractivity contribution in [2.24, 2.45) is 0 Å². The summed E-state index contributed by atoms with van der Waals surface area (Å²) in [6.45, 7) is 2.31. The molecule has 1 aromatic heterocycles. The number of hydrogen-bond acceptors (Lipinski definition) is 6. The van der Waals surface area contributed by atoms with Gasteiger partial charge >= 0.3 is 12.0 Å². The Morgan fingerprint density at radius 2 is 2.23 bits per heavy atom. The van der Waals surface area contributed by atoms with Crippen LogP contribution in [0.25, 0.3) is 0 Å². The first kappa shape index (κ1) is 18.3. The summed E-state index contributed by atoms with van der Waals surface area (Å²) in [5.74, 6) is -0.315. The van der Waals surface area contributed by atoms with Crippen LogP contribution >= 0.6 is 23.3 Å². The summed E-state index contributed by atoms with van der Waals surface area (Å²) in [4.78, 5) is 23.0. The van der Waals surface area contributed by atoms with E-state index in [1.165, 1.54) is 11.8 Å². The van der Waals surface area contributed by atoms with Gasteiger partial charge in [-0.15, -0.1) is 11.8 Å². The lowest BCUT2D eigenvalue weighted by Crippen LogP contribution is -2.29. The van der Waals surface area contributed by atoms with Crippen LogP contribution in [0.4, 0.5) is 9.80 Å². The molecule has 120 valence electrons. The molecule has 0 bridgehead atoms. The van der Waals surface area contributed by atoms with Crippen molar-refractivity contribution in [2.75, 3.05) is 17.6 Å².